The van der Waals surface area contributed by atoms with E-state index in [1.807, 2.05) is 0 Å². The summed E-state index contributed by atoms with van der Waals surface area (Å²) in [6.45, 7) is 0. The third-order valence-corrected chi connectivity index (χ3v) is 4.43. The lowest BCUT2D eigenvalue weighted by molar-refractivity contribution is 0.586. The van der Waals surface area contributed by atoms with Gasteiger partial charge in [0.1, 0.15) is 17.2 Å². The highest BCUT2D eigenvalue weighted by Gasteiger charge is 2.15. The predicted molar refractivity (Wildman–Crippen MR) is 103 cm³/mol. The summed E-state index contributed by atoms with van der Waals surface area (Å²) < 4.78 is 28.7. The van der Waals surface area contributed by atoms with Crippen molar-refractivity contribution in [2.24, 2.45) is 7.05 Å². The number of aryl methyl sites for hydroxylation is 1. The second-order valence-electron chi connectivity index (χ2n) is 6.28. The van der Waals surface area contributed by atoms with Crippen LogP contribution in [0, 0.1) is 11.6 Å². The number of H-pyrrole nitrogens is 1. The Kier molecular flexibility index (Phi) is 3.92. The van der Waals surface area contributed by atoms with Gasteiger partial charge < -0.3 is 20.6 Å². The van der Waals surface area contributed by atoms with Crippen LogP contribution < -0.4 is 16.6 Å². The maximum atomic E-state index is 14.1. The molecule has 136 valence electrons. The molecule has 4 aromatic rings. The Hall–Kier alpha value is -3.61. The van der Waals surface area contributed by atoms with Crippen LogP contribution in [-0.2, 0) is 7.05 Å². The molecule has 0 aliphatic rings. The molecule has 0 spiro atoms. The molecule has 2 aromatic carbocycles. The van der Waals surface area contributed by atoms with Crippen molar-refractivity contribution in [2.75, 3.05) is 11.1 Å². The van der Waals surface area contributed by atoms with E-state index < -0.39 is 11.6 Å². The molecular weight excluding hydrogens is 350 g/mol. The number of pyridine rings is 1. The first-order valence-electron chi connectivity index (χ1n) is 8.23. The fourth-order valence-electron chi connectivity index (χ4n) is 3.11. The van der Waals surface area contributed by atoms with Crippen LogP contribution in [0.3, 0.4) is 0 Å². The van der Waals surface area contributed by atoms with Gasteiger partial charge in [-0.25, -0.2) is 8.78 Å². The molecular formula is C20H16F2N4O. The Morgan fingerprint density at radius 3 is 2.59 bits per heavy atom. The molecule has 2 heterocycles. The van der Waals surface area contributed by atoms with Crippen LogP contribution in [0.4, 0.5) is 25.8 Å². The zero-order valence-electron chi connectivity index (χ0n) is 14.4. The topological polar surface area (TPSA) is 75.8 Å². The fraction of sp³-hybridized carbons (Fsp3) is 0.0500. The summed E-state index contributed by atoms with van der Waals surface area (Å²) in [5.74, 6) is -1.35. The Bertz CT molecular complexity index is 1230. The SMILES string of the molecule is Cn1cc(-c2cc(N)ccc2Nc2ccc(F)cc2F)c2cc[nH]c2c1=O. The minimum Gasteiger partial charge on any atom is -0.399 e. The standard InChI is InChI=1S/C20H16F2N4O/c1-26-10-15(13-6-7-24-19(13)20(26)27)14-9-12(23)3-5-17(14)25-18-4-2-11(21)8-16(18)22/h2-10,24-25H,23H2,1H3. The average molecular weight is 366 g/mol. The number of aromatic amines is 1. The Labute approximate surface area is 153 Å². The highest BCUT2D eigenvalue weighted by atomic mass is 19.1. The number of halogens is 2. The number of nitrogens with one attached hydrogen (secondary N) is 2. The summed E-state index contributed by atoms with van der Waals surface area (Å²) in [4.78, 5) is 15.2. The molecule has 2 aromatic heterocycles. The summed E-state index contributed by atoms with van der Waals surface area (Å²) >= 11 is 0. The maximum absolute atomic E-state index is 14.1. The van der Waals surface area contributed by atoms with Crippen molar-refractivity contribution < 1.29 is 8.78 Å². The van der Waals surface area contributed by atoms with E-state index in [4.69, 9.17) is 5.73 Å². The van der Waals surface area contributed by atoms with Crippen molar-refractivity contribution in [1.29, 1.82) is 0 Å². The number of aromatic nitrogens is 2. The number of rotatable bonds is 3. The third kappa shape index (κ3) is 2.93. The average Bonchev–Trinajstić information content (AvgIpc) is 3.12. The molecule has 0 aliphatic heterocycles. The zero-order valence-corrected chi connectivity index (χ0v) is 14.4. The minimum atomic E-state index is -0.704. The van der Waals surface area contributed by atoms with Gasteiger partial charge in [0.2, 0.25) is 0 Å². The summed E-state index contributed by atoms with van der Waals surface area (Å²) in [6, 6.07) is 10.3. The number of benzene rings is 2. The van der Waals surface area contributed by atoms with Gasteiger partial charge in [-0.3, -0.25) is 4.79 Å². The van der Waals surface area contributed by atoms with Crippen molar-refractivity contribution in [3.8, 4) is 11.1 Å². The lowest BCUT2D eigenvalue weighted by Gasteiger charge is -2.15. The summed E-state index contributed by atoms with van der Waals surface area (Å²) in [6.07, 6.45) is 3.40. The third-order valence-electron chi connectivity index (χ3n) is 4.43. The Balaban J connectivity index is 1.92. The molecule has 0 radical (unpaired) electrons. The highest BCUT2D eigenvalue weighted by molar-refractivity contribution is 5.98. The van der Waals surface area contributed by atoms with Gasteiger partial charge >= 0.3 is 0 Å². The Morgan fingerprint density at radius 1 is 1.04 bits per heavy atom. The van der Waals surface area contributed by atoms with E-state index in [-0.39, 0.29) is 11.2 Å². The van der Waals surface area contributed by atoms with E-state index >= 15 is 0 Å². The van der Waals surface area contributed by atoms with Gasteiger partial charge in [0.25, 0.3) is 5.56 Å². The molecule has 4 rings (SSSR count). The number of nitrogens with two attached hydrogens (primary N) is 1. The van der Waals surface area contributed by atoms with Crippen LogP contribution >= 0.6 is 0 Å². The molecule has 4 N–H and O–H groups in total. The fourth-order valence-corrected chi connectivity index (χ4v) is 3.11. The minimum absolute atomic E-state index is 0.137. The van der Waals surface area contributed by atoms with E-state index in [2.05, 4.69) is 10.3 Å². The monoisotopic (exact) mass is 366 g/mol. The number of fused-ring (bicyclic) bond motifs is 1. The molecule has 5 nitrogen and oxygen atoms in total. The first-order valence-corrected chi connectivity index (χ1v) is 8.23. The molecule has 0 atom stereocenters. The van der Waals surface area contributed by atoms with Crippen molar-refractivity contribution in [1.82, 2.24) is 9.55 Å². The number of nitrogens with zero attached hydrogens (tertiary/aromatic N) is 1. The second-order valence-corrected chi connectivity index (χ2v) is 6.28. The first-order chi connectivity index (χ1) is 12.9. The van der Waals surface area contributed by atoms with Gasteiger partial charge in [-0.2, -0.15) is 0 Å². The summed E-state index contributed by atoms with van der Waals surface area (Å²) in [7, 11) is 1.66. The number of hydrogen-bond donors (Lipinski definition) is 3. The molecule has 0 fully saturated rings. The van der Waals surface area contributed by atoms with E-state index in [0.717, 1.165) is 17.0 Å². The van der Waals surface area contributed by atoms with Crippen LogP contribution in [0.25, 0.3) is 22.0 Å². The quantitative estimate of drug-likeness (QED) is 0.477. The van der Waals surface area contributed by atoms with Gasteiger partial charge in [-0.15, -0.1) is 0 Å². The first kappa shape index (κ1) is 16.8. The molecule has 0 aliphatic carbocycles. The van der Waals surface area contributed by atoms with E-state index in [1.165, 1.54) is 16.7 Å². The summed E-state index contributed by atoms with van der Waals surface area (Å²) in [5.41, 5.74) is 8.97. The normalized spacial score (nSPS) is 11.1. The van der Waals surface area contributed by atoms with Crippen LogP contribution in [0.5, 0.6) is 0 Å². The lowest BCUT2D eigenvalue weighted by atomic mass is 10.0. The molecule has 0 amide bonds. The lowest BCUT2D eigenvalue weighted by Crippen LogP contribution is -2.16. The molecule has 0 saturated heterocycles. The zero-order chi connectivity index (χ0) is 19.1. The predicted octanol–water partition coefficient (Wildman–Crippen LogP) is 4.14. The second kappa shape index (κ2) is 6.28. The van der Waals surface area contributed by atoms with Gasteiger partial charge in [-0.1, -0.05) is 0 Å². The molecule has 7 heteroatoms. The maximum Gasteiger partial charge on any atom is 0.274 e. The largest absolute Gasteiger partial charge is 0.399 e. The Morgan fingerprint density at radius 2 is 1.81 bits per heavy atom. The van der Waals surface area contributed by atoms with Gasteiger partial charge in [0.05, 0.1) is 5.69 Å². The van der Waals surface area contributed by atoms with Crippen LogP contribution in [0.2, 0.25) is 0 Å². The summed E-state index contributed by atoms with van der Waals surface area (Å²) in [5, 5.41) is 3.72. The van der Waals surface area contributed by atoms with E-state index in [9.17, 15) is 13.6 Å². The van der Waals surface area contributed by atoms with Crippen molar-refractivity contribution in [2.45, 2.75) is 0 Å². The van der Waals surface area contributed by atoms with Crippen molar-refractivity contribution >= 4 is 28.0 Å². The molecule has 0 bridgehead atoms. The van der Waals surface area contributed by atoms with Crippen molar-refractivity contribution in [3.63, 3.8) is 0 Å². The number of nitrogen functional groups attached to an aromatic ring is 1. The smallest absolute Gasteiger partial charge is 0.274 e. The van der Waals surface area contributed by atoms with Gasteiger partial charge in [-0.05, 0) is 36.4 Å². The van der Waals surface area contributed by atoms with Crippen LogP contribution in [0.15, 0.2) is 59.7 Å². The number of anilines is 3. The van der Waals surface area contributed by atoms with E-state index in [0.29, 0.717) is 22.5 Å². The molecule has 0 unspecified atom stereocenters. The highest BCUT2D eigenvalue weighted by Crippen LogP contribution is 2.36. The van der Waals surface area contributed by atoms with E-state index in [1.54, 1.807) is 43.7 Å². The van der Waals surface area contributed by atoms with Gasteiger partial charge in [0.15, 0.2) is 0 Å². The number of hydrogen-bond acceptors (Lipinski definition) is 3. The molecule has 27 heavy (non-hydrogen) atoms. The van der Waals surface area contributed by atoms with Gasteiger partial charge in [0, 0.05) is 53.4 Å². The van der Waals surface area contributed by atoms with Crippen LogP contribution in [0.1, 0.15) is 0 Å². The molecule has 0 saturated carbocycles. The van der Waals surface area contributed by atoms with Crippen molar-refractivity contribution in [3.05, 3.63) is 76.8 Å². The van der Waals surface area contributed by atoms with Crippen LogP contribution in [-0.4, -0.2) is 9.55 Å².